The minimum Gasteiger partial charge on any atom is -0.507 e. The molecule has 1 unspecified atom stereocenters. The number of likely N-dealkylation sites (N-methyl/N-ethyl adjacent to an activating group) is 1. The lowest BCUT2D eigenvalue weighted by Crippen LogP contribution is -2.30. The lowest BCUT2D eigenvalue weighted by atomic mass is 9.98. The highest BCUT2D eigenvalue weighted by molar-refractivity contribution is 6.51. The first kappa shape index (κ1) is 21.8. The highest BCUT2D eigenvalue weighted by Crippen LogP contribution is 2.44. The summed E-state index contributed by atoms with van der Waals surface area (Å²) < 4.78 is 11.6. The van der Waals surface area contributed by atoms with Gasteiger partial charge in [0.15, 0.2) is 0 Å². The van der Waals surface area contributed by atoms with Crippen LogP contribution in [-0.2, 0) is 9.59 Å². The Labute approximate surface area is 197 Å². The topological polar surface area (TPSA) is 83.2 Å². The molecule has 174 valence electrons. The summed E-state index contributed by atoms with van der Waals surface area (Å²) in [5.74, 6) is 0.0745. The summed E-state index contributed by atoms with van der Waals surface area (Å²) in [4.78, 5) is 30.2. The van der Waals surface area contributed by atoms with E-state index in [9.17, 15) is 14.7 Å². The number of aryl methyl sites for hydroxylation is 2. The average molecular weight is 459 g/mol. The Hall–Kier alpha value is -4.00. The van der Waals surface area contributed by atoms with Crippen molar-refractivity contribution in [2.24, 2.45) is 0 Å². The zero-order valence-electron chi connectivity index (χ0n) is 19.6. The number of rotatable bonds is 3. The molecule has 3 aromatic rings. The third-order valence-corrected chi connectivity index (χ3v) is 6.64. The van der Waals surface area contributed by atoms with E-state index in [1.807, 2.05) is 44.0 Å². The van der Waals surface area contributed by atoms with Crippen molar-refractivity contribution >= 4 is 28.8 Å². The molecule has 7 nitrogen and oxygen atoms in total. The summed E-state index contributed by atoms with van der Waals surface area (Å²) in [6, 6.07) is 13.5. The minimum absolute atomic E-state index is 0.000382. The number of ketones is 1. The zero-order valence-corrected chi connectivity index (χ0v) is 19.6. The molecule has 1 saturated heterocycles. The fraction of sp³-hybridized carbons (Fsp3) is 0.259. The van der Waals surface area contributed by atoms with Crippen molar-refractivity contribution in [3.8, 4) is 5.75 Å². The molecule has 5 rings (SSSR count). The molecule has 1 fully saturated rings. The number of anilines is 2. The first-order valence-corrected chi connectivity index (χ1v) is 11.2. The number of benzene rings is 2. The van der Waals surface area contributed by atoms with Gasteiger partial charge in [0.05, 0.1) is 17.8 Å². The summed E-state index contributed by atoms with van der Waals surface area (Å²) in [6.45, 7) is 6.95. The van der Waals surface area contributed by atoms with E-state index in [4.69, 9.17) is 9.15 Å². The number of carbonyl (C=O) groups is 2. The molecule has 0 radical (unpaired) electrons. The van der Waals surface area contributed by atoms with Crippen molar-refractivity contribution in [3.05, 3.63) is 82.3 Å². The van der Waals surface area contributed by atoms with Crippen LogP contribution < -0.4 is 14.5 Å². The Kier molecular flexibility index (Phi) is 5.20. The molecule has 3 heterocycles. The number of nitrogens with zero attached hydrogens (tertiary/aromatic N) is 2. The third kappa shape index (κ3) is 3.36. The summed E-state index contributed by atoms with van der Waals surface area (Å²) in [5, 5.41) is 11.4. The Morgan fingerprint density at radius 2 is 1.82 bits per heavy atom. The maximum atomic E-state index is 13.4. The average Bonchev–Trinajstić information content (AvgIpc) is 3.36. The first-order chi connectivity index (χ1) is 16.3. The van der Waals surface area contributed by atoms with Crippen molar-refractivity contribution in [3.63, 3.8) is 0 Å². The number of aliphatic hydroxyl groups is 1. The van der Waals surface area contributed by atoms with Crippen LogP contribution in [0.3, 0.4) is 0 Å². The Morgan fingerprint density at radius 1 is 1.03 bits per heavy atom. The predicted molar refractivity (Wildman–Crippen MR) is 129 cm³/mol. The van der Waals surface area contributed by atoms with E-state index in [0.29, 0.717) is 41.7 Å². The van der Waals surface area contributed by atoms with Crippen LogP contribution in [0.25, 0.3) is 5.76 Å². The molecule has 1 N–H and O–H groups in total. The second-order valence-corrected chi connectivity index (χ2v) is 8.79. The van der Waals surface area contributed by atoms with Gasteiger partial charge < -0.3 is 19.2 Å². The van der Waals surface area contributed by atoms with E-state index in [-0.39, 0.29) is 11.3 Å². The Bertz CT molecular complexity index is 1350. The fourth-order valence-corrected chi connectivity index (χ4v) is 4.60. The van der Waals surface area contributed by atoms with E-state index in [1.54, 1.807) is 37.3 Å². The number of fused-ring (bicyclic) bond motifs is 1. The molecule has 7 heteroatoms. The van der Waals surface area contributed by atoms with Crippen LogP contribution in [0.5, 0.6) is 5.75 Å². The van der Waals surface area contributed by atoms with Crippen molar-refractivity contribution < 1.29 is 23.8 Å². The van der Waals surface area contributed by atoms with Crippen molar-refractivity contribution in [2.75, 3.05) is 30.0 Å². The van der Waals surface area contributed by atoms with Crippen molar-refractivity contribution in [1.29, 1.82) is 0 Å². The second kappa shape index (κ2) is 8.09. The van der Waals surface area contributed by atoms with Crippen LogP contribution in [0.2, 0.25) is 0 Å². The van der Waals surface area contributed by atoms with E-state index < -0.39 is 17.7 Å². The molecule has 1 atom stereocenters. The molecule has 2 aliphatic rings. The summed E-state index contributed by atoms with van der Waals surface area (Å²) in [7, 11) is 1.94. The quantitative estimate of drug-likeness (QED) is 0.349. The number of furan rings is 1. The van der Waals surface area contributed by atoms with Gasteiger partial charge in [-0.25, -0.2) is 0 Å². The van der Waals surface area contributed by atoms with Crippen molar-refractivity contribution in [2.45, 2.75) is 26.8 Å². The lowest BCUT2D eigenvalue weighted by Gasteiger charge is -2.28. The lowest BCUT2D eigenvalue weighted by molar-refractivity contribution is -0.132. The minimum atomic E-state index is -0.890. The van der Waals surface area contributed by atoms with Gasteiger partial charge in [-0.1, -0.05) is 12.1 Å². The summed E-state index contributed by atoms with van der Waals surface area (Å²) in [5.41, 5.74) is 3.72. The van der Waals surface area contributed by atoms with Crippen LogP contribution >= 0.6 is 0 Å². The van der Waals surface area contributed by atoms with Gasteiger partial charge in [-0.15, -0.1) is 0 Å². The largest absolute Gasteiger partial charge is 0.507 e. The van der Waals surface area contributed by atoms with Gasteiger partial charge in [0, 0.05) is 18.3 Å². The zero-order chi connectivity index (χ0) is 24.1. The molecular weight excluding hydrogens is 432 g/mol. The van der Waals surface area contributed by atoms with Gasteiger partial charge in [-0.05, 0) is 68.3 Å². The van der Waals surface area contributed by atoms with E-state index in [2.05, 4.69) is 0 Å². The standard InChI is InChI=1S/C27H26N2O5/c1-15-6-5-7-19(17(15)3)29-24(22-10-8-16(2)34-22)23(26(31)27(29)32)25(30)18-9-11-21-20(14-18)28(4)12-13-33-21/h5-11,14,24,30H,12-13H2,1-4H3/b25-23-. The Morgan fingerprint density at radius 3 is 2.56 bits per heavy atom. The number of amides is 1. The molecule has 0 spiro atoms. The molecule has 34 heavy (non-hydrogen) atoms. The molecule has 0 aliphatic carbocycles. The SMILES string of the molecule is Cc1ccc(C2/C(=C(/O)c3ccc4c(c3)N(C)CCO4)C(=O)C(=O)N2c2cccc(C)c2C)o1. The fourth-order valence-electron chi connectivity index (χ4n) is 4.60. The van der Waals surface area contributed by atoms with Gasteiger partial charge >= 0.3 is 0 Å². The number of aliphatic hydroxyl groups excluding tert-OH is 1. The third-order valence-electron chi connectivity index (χ3n) is 6.64. The number of carbonyl (C=O) groups excluding carboxylic acids is 2. The van der Waals surface area contributed by atoms with Crippen LogP contribution in [0.4, 0.5) is 11.4 Å². The number of hydrogen-bond acceptors (Lipinski definition) is 6. The molecule has 1 amide bonds. The summed E-state index contributed by atoms with van der Waals surface area (Å²) in [6.07, 6.45) is 0. The normalized spacial score (nSPS) is 19.4. The van der Waals surface area contributed by atoms with Gasteiger partial charge in [0.2, 0.25) is 0 Å². The first-order valence-electron chi connectivity index (χ1n) is 11.2. The van der Waals surface area contributed by atoms with E-state index in [0.717, 1.165) is 16.8 Å². The molecule has 0 saturated carbocycles. The molecule has 2 aliphatic heterocycles. The highest BCUT2D eigenvalue weighted by atomic mass is 16.5. The van der Waals surface area contributed by atoms with E-state index >= 15 is 0 Å². The number of hydrogen-bond donors (Lipinski definition) is 1. The van der Waals surface area contributed by atoms with Crippen LogP contribution in [-0.4, -0.2) is 37.0 Å². The molecule has 2 aromatic carbocycles. The maximum Gasteiger partial charge on any atom is 0.300 e. The van der Waals surface area contributed by atoms with Crippen molar-refractivity contribution in [1.82, 2.24) is 0 Å². The van der Waals surface area contributed by atoms with Crippen LogP contribution in [0.1, 0.15) is 34.3 Å². The Balaban J connectivity index is 1.71. The highest BCUT2D eigenvalue weighted by Gasteiger charge is 2.49. The van der Waals surface area contributed by atoms with Crippen LogP contribution in [0.15, 0.2) is 58.5 Å². The van der Waals surface area contributed by atoms with Gasteiger partial charge in [-0.2, -0.15) is 0 Å². The van der Waals surface area contributed by atoms with Crippen LogP contribution in [0, 0.1) is 20.8 Å². The molecule has 1 aromatic heterocycles. The molecule has 0 bridgehead atoms. The van der Waals surface area contributed by atoms with Gasteiger partial charge in [-0.3, -0.25) is 14.5 Å². The maximum absolute atomic E-state index is 13.4. The van der Waals surface area contributed by atoms with E-state index in [1.165, 1.54) is 4.90 Å². The van der Waals surface area contributed by atoms with Gasteiger partial charge in [0.1, 0.15) is 35.7 Å². The molecular formula is C27H26N2O5. The predicted octanol–water partition coefficient (Wildman–Crippen LogP) is 4.66. The number of Topliss-reactive ketones (excluding diaryl/α,β-unsaturated/α-hetero) is 1. The monoisotopic (exact) mass is 458 g/mol. The second-order valence-electron chi connectivity index (χ2n) is 8.79. The smallest absolute Gasteiger partial charge is 0.300 e. The summed E-state index contributed by atoms with van der Waals surface area (Å²) >= 11 is 0. The number of ether oxygens (including phenoxy) is 1. The van der Waals surface area contributed by atoms with Gasteiger partial charge in [0.25, 0.3) is 11.7 Å².